The Kier molecular flexibility index (Phi) is 8.72. The molecule has 4 N–H and O–H groups in total. The van der Waals surface area contributed by atoms with Gasteiger partial charge in [0.15, 0.2) is 0 Å². The fourth-order valence-electron chi connectivity index (χ4n) is 5.77. The van der Waals surface area contributed by atoms with Crippen LogP contribution in [0.4, 0.5) is 11.4 Å². The van der Waals surface area contributed by atoms with E-state index in [1.807, 2.05) is 48.5 Å². The van der Waals surface area contributed by atoms with Crippen LogP contribution in [0, 0.1) is 11.8 Å². The Hall–Kier alpha value is -3.92. The number of anilines is 2. The van der Waals surface area contributed by atoms with Crippen molar-refractivity contribution in [3.63, 3.8) is 0 Å². The van der Waals surface area contributed by atoms with Crippen molar-refractivity contribution in [3.05, 3.63) is 108 Å². The van der Waals surface area contributed by atoms with E-state index in [2.05, 4.69) is 55.5 Å². The average molecular weight is 521 g/mol. The second-order valence-electron chi connectivity index (χ2n) is 11.0. The number of nitrogen functional groups attached to an aromatic ring is 2. The third-order valence-electron chi connectivity index (χ3n) is 8.16. The molecule has 5 rings (SSSR count). The lowest BCUT2D eigenvalue weighted by Gasteiger charge is -2.29. The van der Waals surface area contributed by atoms with Crippen molar-refractivity contribution in [2.24, 2.45) is 11.8 Å². The Morgan fingerprint density at radius 1 is 0.564 bits per heavy atom. The Labute approximate surface area is 233 Å². The number of rotatable bonds is 10. The molecule has 0 heterocycles. The molecule has 1 atom stereocenters. The maximum Gasteiger partial charge on any atom is 0.127 e. The van der Waals surface area contributed by atoms with Gasteiger partial charge in [-0.25, -0.2) is 0 Å². The molecule has 0 radical (unpaired) electrons. The standard InChI is InChI=1S/C35H40N2O2/c1-25(26-5-3-2-4-6-26)7-24-35(27-8-16-31(17-9-27)38-33-20-12-29(36)13-21-33)28-10-18-32(19-11-28)39-34-22-14-30(37)15-23-34/h8-23,25-26,35H,2-7,24,36-37H2,1H3. The first-order chi connectivity index (χ1) is 19.0. The second-order valence-corrected chi connectivity index (χ2v) is 11.0. The molecule has 4 aromatic rings. The largest absolute Gasteiger partial charge is 0.457 e. The summed E-state index contributed by atoms with van der Waals surface area (Å²) >= 11 is 0. The molecule has 1 fully saturated rings. The third kappa shape index (κ3) is 7.35. The van der Waals surface area contributed by atoms with Crippen LogP contribution in [0.5, 0.6) is 23.0 Å². The molecule has 4 heteroatoms. The van der Waals surface area contributed by atoms with E-state index in [0.717, 1.165) is 52.6 Å². The van der Waals surface area contributed by atoms with E-state index in [0.29, 0.717) is 5.92 Å². The van der Waals surface area contributed by atoms with E-state index < -0.39 is 0 Å². The molecule has 1 unspecified atom stereocenters. The quantitative estimate of drug-likeness (QED) is 0.204. The molecule has 202 valence electrons. The van der Waals surface area contributed by atoms with Gasteiger partial charge in [-0.2, -0.15) is 0 Å². The van der Waals surface area contributed by atoms with Gasteiger partial charge in [0.25, 0.3) is 0 Å². The molecule has 0 amide bonds. The summed E-state index contributed by atoms with van der Waals surface area (Å²) < 4.78 is 12.1. The first-order valence-corrected chi connectivity index (χ1v) is 14.3. The van der Waals surface area contributed by atoms with E-state index in [4.69, 9.17) is 20.9 Å². The van der Waals surface area contributed by atoms with Gasteiger partial charge in [-0.05, 0) is 109 Å². The molecular formula is C35H40N2O2. The molecule has 0 aliphatic heterocycles. The predicted octanol–water partition coefficient (Wildman–Crippen LogP) is 9.56. The second kappa shape index (κ2) is 12.8. The van der Waals surface area contributed by atoms with Crippen LogP contribution in [0.3, 0.4) is 0 Å². The number of benzene rings is 4. The molecule has 0 bridgehead atoms. The normalized spacial score (nSPS) is 14.7. The zero-order chi connectivity index (χ0) is 27.0. The summed E-state index contributed by atoms with van der Waals surface area (Å²) in [6.07, 6.45) is 9.31. The van der Waals surface area contributed by atoms with Gasteiger partial charge in [-0.1, -0.05) is 63.3 Å². The molecule has 1 saturated carbocycles. The average Bonchev–Trinajstić information content (AvgIpc) is 2.97. The van der Waals surface area contributed by atoms with E-state index in [-0.39, 0.29) is 0 Å². The van der Waals surface area contributed by atoms with Crippen LogP contribution in [-0.2, 0) is 0 Å². The highest BCUT2D eigenvalue weighted by atomic mass is 16.5. The minimum Gasteiger partial charge on any atom is -0.457 e. The molecular weight excluding hydrogens is 480 g/mol. The van der Waals surface area contributed by atoms with Crippen LogP contribution in [-0.4, -0.2) is 0 Å². The van der Waals surface area contributed by atoms with E-state index in [1.54, 1.807) is 0 Å². The molecule has 39 heavy (non-hydrogen) atoms. The van der Waals surface area contributed by atoms with Gasteiger partial charge in [0, 0.05) is 17.3 Å². The minimum atomic E-state index is 0.312. The first-order valence-electron chi connectivity index (χ1n) is 14.3. The topological polar surface area (TPSA) is 70.5 Å². The smallest absolute Gasteiger partial charge is 0.127 e. The Bertz CT molecular complexity index is 1200. The minimum absolute atomic E-state index is 0.312. The van der Waals surface area contributed by atoms with E-state index >= 15 is 0 Å². The predicted molar refractivity (Wildman–Crippen MR) is 162 cm³/mol. The third-order valence-corrected chi connectivity index (χ3v) is 8.16. The van der Waals surface area contributed by atoms with Gasteiger partial charge in [0.05, 0.1) is 0 Å². The van der Waals surface area contributed by atoms with Crippen molar-refractivity contribution in [2.45, 2.75) is 57.8 Å². The summed E-state index contributed by atoms with van der Waals surface area (Å²) in [7, 11) is 0. The summed E-state index contributed by atoms with van der Waals surface area (Å²) in [5.41, 5.74) is 15.7. The Morgan fingerprint density at radius 2 is 0.949 bits per heavy atom. The molecule has 4 nitrogen and oxygen atoms in total. The number of nitrogens with two attached hydrogens (primary N) is 2. The number of hydrogen-bond acceptors (Lipinski definition) is 4. The zero-order valence-corrected chi connectivity index (χ0v) is 22.9. The lowest BCUT2D eigenvalue weighted by Crippen LogP contribution is -2.16. The van der Waals surface area contributed by atoms with Crippen molar-refractivity contribution in [1.29, 1.82) is 0 Å². The zero-order valence-electron chi connectivity index (χ0n) is 22.9. The summed E-state index contributed by atoms with van der Waals surface area (Å²) in [4.78, 5) is 0. The Morgan fingerprint density at radius 3 is 1.36 bits per heavy atom. The number of hydrogen-bond donors (Lipinski definition) is 2. The van der Waals surface area contributed by atoms with Crippen LogP contribution in [0.2, 0.25) is 0 Å². The molecule has 4 aromatic carbocycles. The van der Waals surface area contributed by atoms with Crippen LogP contribution >= 0.6 is 0 Å². The van der Waals surface area contributed by atoms with Gasteiger partial charge in [-0.3, -0.25) is 0 Å². The monoisotopic (exact) mass is 520 g/mol. The molecule has 0 spiro atoms. The number of ether oxygens (including phenoxy) is 2. The first kappa shape index (κ1) is 26.7. The van der Waals surface area contributed by atoms with Crippen molar-refractivity contribution >= 4 is 11.4 Å². The van der Waals surface area contributed by atoms with Crippen molar-refractivity contribution in [2.75, 3.05) is 11.5 Å². The van der Waals surface area contributed by atoms with Crippen molar-refractivity contribution < 1.29 is 9.47 Å². The lowest BCUT2D eigenvalue weighted by molar-refractivity contribution is 0.247. The van der Waals surface area contributed by atoms with Crippen LogP contribution in [0.1, 0.15) is 68.9 Å². The maximum atomic E-state index is 6.05. The molecule has 1 aliphatic rings. The maximum absolute atomic E-state index is 6.05. The fourth-order valence-corrected chi connectivity index (χ4v) is 5.77. The van der Waals surface area contributed by atoms with Gasteiger partial charge in [0.2, 0.25) is 0 Å². The highest BCUT2D eigenvalue weighted by Gasteiger charge is 2.22. The van der Waals surface area contributed by atoms with Gasteiger partial charge in [-0.15, -0.1) is 0 Å². The van der Waals surface area contributed by atoms with Crippen LogP contribution in [0.15, 0.2) is 97.1 Å². The fraction of sp³-hybridized carbons (Fsp3) is 0.314. The summed E-state index contributed by atoms with van der Waals surface area (Å²) in [6, 6.07) is 32.1. The van der Waals surface area contributed by atoms with E-state index in [1.165, 1.54) is 49.7 Å². The molecule has 1 aliphatic carbocycles. The van der Waals surface area contributed by atoms with Crippen LogP contribution < -0.4 is 20.9 Å². The van der Waals surface area contributed by atoms with Crippen molar-refractivity contribution in [1.82, 2.24) is 0 Å². The van der Waals surface area contributed by atoms with Crippen molar-refractivity contribution in [3.8, 4) is 23.0 Å². The van der Waals surface area contributed by atoms with Crippen LogP contribution in [0.25, 0.3) is 0 Å². The molecule has 0 saturated heterocycles. The van der Waals surface area contributed by atoms with Gasteiger partial charge >= 0.3 is 0 Å². The van der Waals surface area contributed by atoms with Gasteiger partial charge < -0.3 is 20.9 Å². The summed E-state index contributed by atoms with van der Waals surface area (Å²) in [6.45, 7) is 2.46. The van der Waals surface area contributed by atoms with Gasteiger partial charge in [0.1, 0.15) is 23.0 Å². The highest BCUT2D eigenvalue weighted by molar-refractivity contribution is 5.45. The van der Waals surface area contributed by atoms with E-state index in [9.17, 15) is 0 Å². The SMILES string of the molecule is CC(CCC(c1ccc(Oc2ccc(N)cc2)cc1)c1ccc(Oc2ccc(N)cc2)cc1)C1CCCCC1. The molecule has 0 aromatic heterocycles. The lowest BCUT2D eigenvalue weighted by atomic mass is 9.77. The summed E-state index contributed by atoms with van der Waals surface area (Å²) in [5.74, 6) is 5.14. The Balaban J connectivity index is 1.32. The highest BCUT2D eigenvalue weighted by Crippen LogP contribution is 2.38. The summed E-state index contributed by atoms with van der Waals surface area (Å²) in [5, 5.41) is 0.